The molecule has 0 unspecified atom stereocenters. The van der Waals surface area contributed by atoms with Gasteiger partial charge in [0.05, 0.1) is 14.2 Å². The Morgan fingerprint density at radius 1 is 0.356 bits per heavy atom. The Bertz CT molecular complexity index is 2950. The van der Waals surface area contributed by atoms with Crippen molar-refractivity contribution >= 4 is 88.2 Å². The van der Waals surface area contributed by atoms with Gasteiger partial charge in [-0.3, -0.25) is 27.4 Å². The van der Waals surface area contributed by atoms with Crippen LogP contribution >= 0.6 is 65.1 Å². The molecule has 462 valence electrons. The first-order valence-electron chi connectivity index (χ1n) is 31.6. The predicted molar refractivity (Wildman–Crippen MR) is 378 cm³/mol. The highest BCUT2D eigenvalue weighted by atomic mass is 79.9. The van der Waals surface area contributed by atoms with Gasteiger partial charge in [-0.25, -0.2) is 0 Å². The summed E-state index contributed by atoms with van der Waals surface area (Å²) in [6, 6.07) is 61.8. The van der Waals surface area contributed by atoms with Gasteiger partial charge in [0, 0.05) is 103 Å². The number of methoxy groups -OCH3 is 2. The van der Waals surface area contributed by atoms with Crippen LogP contribution in [0.4, 0.5) is 0 Å². The Labute approximate surface area is 555 Å². The highest BCUT2D eigenvalue weighted by Crippen LogP contribution is 2.49. The van der Waals surface area contributed by atoms with Gasteiger partial charge in [0.2, 0.25) is 0 Å². The largest absolute Gasteiger partial charge is 0.497 e. The van der Waals surface area contributed by atoms with Gasteiger partial charge in [-0.2, -0.15) is 0 Å². The lowest BCUT2D eigenvalue weighted by atomic mass is 9.90. The van der Waals surface area contributed by atoms with Crippen molar-refractivity contribution in [3.05, 3.63) is 238 Å². The summed E-state index contributed by atoms with van der Waals surface area (Å²) in [5.41, 5.74) is 7.99. The molecule has 87 heavy (non-hydrogen) atoms. The lowest BCUT2D eigenvalue weighted by Gasteiger charge is -2.37. The lowest BCUT2D eigenvalue weighted by Crippen LogP contribution is -2.55. The molecular weight excluding hydrogens is 1320 g/mol. The first-order chi connectivity index (χ1) is 42.3. The van der Waals surface area contributed by atoms with E-state index in [9.17, 15) is 0 Å². The van der Waals surface area contributed by atoms with Gasteiger partial charge < -0.3 is 9.47 Å². The molecule has 6 aromatic carbocycles. The maximum Gasteiger partial charge on any atom is 0.312 e. The second kappa shape index (κ2) is 31.1. The van der Waals surface area contributed by atoms with Crippen LogP contribution in [0.25, 0.3) is 0 Å². The summed E-state index contributed by atoms with van der Waals surface area (Å²) in [5.74, 6) is 1.78. The van der Waals surface area contributed by atoms with E-state index in [1.165, 1.54) is 110 Å². The molecule has 3 saturated carbocycles. The van der Waals surface area contributed by atoms with Crippen molar-refractivity contribution in [3.63, 3.8) is 0 Å². The zero-order chi connectivity index (χ0) is 61.0. The van der Waals surface area contributed by atoms with E-state index in [-0.39, 0.29) is 0 Å². The number of nitrogens with zero attached hydrogens (tertiary/aromatic N) is 6. The van der Waals surface area contributed by atoms with Gasteiger partial charge >= 0.3 is 23.1 Å². The number of hydrogen-bond acceptors (Lipinski definition) is 8. The second-order valence-corrected chi connectivity index (χ2v) is 40.8. The topological polar surface area (TPSA) is 37.9 Å². The molecule has 0 amide bonds. The van der Waals surface area contributed by atoms with Crippen LogP contribution in [0, 0.1) is 0 Å². The predicted octanol–water partition coefficient (Wildman–Crippen LogP) is 18.6. The quantitative estimate of drug-likeness (QED) is 0.0425. The first-order valence-corrected chi connectivity index (χ1v) is 42.6. The Morgan fingerprint density at radius 2 is 0.563 bits per heavy atom. The van der Waals surface area contributed by atoms with Crippen molar-refractivity contribution < 1.29 is 9.47 Å². The monoisotopic (exact) mass is 1400 g/mol. The smallest absolute Gasteiger partial charge is 0.312 e. The zero-order valence-electron chi connectivity index (χ0n) is 51.1. The minimum absolute atomic E-state index is 0.512. The molecule has 0 bridgehead atoms. The Morgan fingerprint density at radius 3 is 0.770 bits per heavy atom. The van der Waals surface area contributed by atoms with Crippen LogP contribution in [0.2, 0.25) is 18.1 Å². The van der Waals surface area contributed by atoms with Gasteiger partial charge in [-0.1, -0.05) is 198 Å². The van der Waals surface area contributed by atoms with Crippen molar-refractivity contribution in [1.82, 2.24) is 27.4 Å². The summed E-state index contributed by atoms with van der Waals surface area (Å²) in [4.78, 5) is 0. The fraction of sp³-hybridized carbons (Fsp3) is 0.408. The van der Waals surface area contributed by atoms with Gasteiger partial charge in [0.15, 0.2) is 0 Å². The zero-order valence-corrected chi connectivity index (χ0v) is 59.5. The lowest BCUT2D eigenvalue weighted by molar-refractivity contribution is 0.197. The molecule has 3 aliphatic carbocycles. The van der Waals surface area contributed by atoms with E-state index in [4.69, 9.17) is 42.7 Å². The van der Waals surface area contributed by atoms with Crippen molar-refractivity contribution in [2.75, 3.05) is 14.2 Å². The fourth-order valence-electron chi connectivity index (χ4n) is 15.1. The van der Waals surface area contributed by atoms with Crippen LogP contribution < -0.4 is 9.47 Å². The van der Waals surface area contributed by atoms with Crippen LogP contribution in [0.5, 0.6) is 11.5 Å². The van der Waals surface area contributed by atoms with Crippen LogP contribution in [-0.2, 0) is 39.3 Å². The molecule has 6 atom stereocenters. The van der Waals surface area contributed by atoms with Crippen molar-refractivity contribution in [3.8, 4) is 11.5 Å². The van der Waals surface area contributed by atoms with E-state index in [0.29, 0.717) is 36.3 Å². The van der Waals surface area contributed by atoms with Crippen LogP contribution in [0.1, 0.15) is 110 Å². The summed E-state index contributed by atoms with van der Waals surface area (Å²) in [6.07, 6.45) is 21.4. The molecule has 12 rings (SSSR count). The average Bonchev–Trinajstić information content (AvgIpc) is 1.65. The van der Waals surface area contributed by atoms with Crippen LogP contribution in [0.15, 0.2) is 205 Å². The van der Waals surface area contributed by atoms with E-state index in [1.807, 2.05) is 42.5 Å². The first kappa shape index (κ1) is 66.3. The summed E-state index contributed by atoms with van der Waals surface area (Å²) in [6.45, 7) is 17.7. The average molecular weight is 1410 g/mol. The van der Waals surface area contributed by atoms with Gasteiger partial charge in [-0.05, 0) is 120 Å². The molecule has 16 heteroatoms. The van der Waals surface area contributed by atoms with Gasteiger partial charge in [0.25, 0.3) is 0 Å². The standard InChI is InChI=1S/C25H33ClN2O2Si.C23H27Br2ClN2Si.C23H29ClN2Si/c1-4-17-31(26)27(18-20-9-13-22(29-2)14-10-20)24-7-5-6-8-25(24)28(31)19-21-11-15-23(30-3)16-12-21;1-2-15-29(26)27(16-18-7-11-20(24)12-8-18)22-5-3-4-6-23(22)28(29)17-19-9-13-21(25)14-10-19;1-2-17-27(24)25(18-20-11-5-3-6-12-20)22-15-9-10-16-23(22)26(27)19-21-13-7-4-8-14-21/h4,9-16,24-25H,1,5-8,17-19H2,2-3H3;2,7-14,22-23H,1,3-6,15-17H2;2-8,11-14,22-23H,1,9-10,15-19H2/t24-,25-;2*22-,23-/m111/s1. The summed E-state index contributed by atoms with van der Waals surface area (Å²) in [7, 11) is -3.69. The van der Waals surface area contributed by atoms with E-state index in [2.05, 4.69) is 212 Å². The number of allylic oxidation sites excluding steroid dienone is 3. The Kier molecular flexibility index (Phi) is 23.7. The molecule has 3 aliphatic heterocycles. The SMILES string of the molecule is C=CC[Si]1(Cl)N(Cc2ccc(Br)cc2)[C@@H]2CCCC[C@H]2N1Cc1ccc(Br)cc1.C=CC[Si]1(Cl)N(Cc2ccc(OC)cc2)[C@@H]2CCCC[C@H]2N1Cc1ccc(OC)cc1.C=CC[Si]1(Cl)N(Cc2ccccc2)[C@@H]2CCCC[C@H]2N1Cc1ccccc1. The Balaban J connectivity index is 0.000000145. The number of hydrogen-bond donors (Lipinski definition) is 0. The molecular formula is C71H89Br2Cl3N6O2Si3. The minimum atomic E-state index is -2.42. The van der Waals surface area contributed by atoms with Gasteiger partial charge in [-0.15, -0.1) is 53.0 Å². The molecule has 3 saturated heterocycles. The highest BCUT2D eigenvalue weighted by molar-refractivity contribution is 9.10. The molecule has 0 spiro atoms. The number of benzene rings is 6. The highest BCUT2D eigenvalue weighted by Gasteiger charge is 2.61. The van der Waals surface area contributed by atoms with E-state index >= 15 is 0 Å². The second-order valence-electron chi connectivity index (χ2n) is 24.6. The molecule has 3 heterocycles. The van der Waals surface area contributed by atoms with Gasteiger partial charge in [0.1, 0.15) is 11.5 Å². The van der Waals surface area contributed by atoms with Crippen LogP contribution in [-0.4, -0.2) is 101 Å². The number of rotatable bonds is 20. The van der Waals surface area contributed by atoms with E-state index < -0.39 is 23.1 Å². The number of halogens is 5. The van der Waals surface area contributed by atoms with Crippen molar-refractivity contribution in [2.45, 2.75) is 171 Å². The molecule has 8 nitrogen and oxygen atoms in total. The summed E-state index contributed by atoms with van der Waals surface area (Å²) in [5, 5.41) is 0. The maximum absolute atomic E-state index is 7.66. The summed E-state index contributed by atoms with van der Waals surface area (Å²) < 4.78 is 29.0. The molecule has 0 aromatic heterocycles. The maximum atomic E-state index is 7.66. The molecule has 6 aromatic rings. The van der Waals surface area contributed by atoms with Crippen molar-refractivity contribution in [1.29, 1.82) is 0 Å². The normalized spacial score (nSPS) is 24.3. The fourth-order valence-corrected chi connectivity index (χ4v) is 30.9. The van der Waals surface area contributed by atoms with E-state index in [0.717, 1.165) is 77.8 Å². The molecule has 6 aliphatic rings. The third kappa shape index (κ3) is 15.5. The number of fused-ring (bicyclic) bond motifs is 3. The molecule has 0 N–H and O–H groups in total. The van der Waals surface area contributed by atoms with E-state index in [1.54, 1.807) is 14.2 Å². The Hall–Kier alpha value is -3.62. The summed E-state index contributed by atoms with van der Waals surface area (Å²) >= 11 is 30.0. The third-order valence-corrected chi connectivity index (χ3v) is 36.3. The minimum Gasteiger partial charge on any atom is -0.497 e. The number of ether oxygens (including phenoxy) is 2. The third-order valence-electron chi connectivity index (χ3n) is 19.3. The van der Waals surface area contributed by atoms with Crippen molar-refractivity contribution in [2.24, 2.45) is 0 Å². The molecule has 6 fully saturated rings. The van der Waals surface area contributed by atoms with Crippen LogP contribution in [0.3, 0.4) is 0 Å². The molecule has 0 radical (unpaired) electrons.